The molecule has 1 aliphatic rings. The van der Waals surface area contributed by atoms with Crippen molar-refractivity contribution >= 4 is 24.0 Å². The maximum absolute atomic E-state index is 12.7. The Kier molecular flexibility index (Phi) is 13.2. The van der Waals surface area contributed by atoms with Crippen LogP contribution in [0.25, 0.3) is 12.2 Å². The number of allylic oxidation sites excluding steroid dienone is 4. The number of benzene rings is 2. The minimum absolute atomic E-state index is 0.160. The highest BCUT2D eigenvalue weighted by Crippen LogP contribution is 2.39. The van der Waals surface area contributed by atoms with Gasteiger partial charge in [0, 0.05) is 24.2 Å². The van der Waals surface area contributed by atoms with Crippen LogP contribution in [0.3, 0.4) is 0 Å². The lowest BCUT2D eigenvalue weighted by molar-refractivity contribution is -0.120. The zero-order valence-corrected chi connectivity index (χ0v) is 26.2. The van der Waals surface area contributed by atoms with E-state index in [1.807, 2.05) is 36.4 Å². The average Bonchev–Trinajstić information content (AvgIpc) is 3.04. The average molecular weight is 607 g/mol. The Morgan fingerprint density at radius 3 is 1.20 bits per heavy atom. The first kappa shape index (κ1) is 33.6. The third-order valence-electron chi connectivity index (χ3n) is 7.09. The van der Waals surface area contributed by atoms with Crippen molar-refractivity contribution < 1.29 is 38.0 Å². The molecule has 3 rings (SSSR count). The van der Waals surface area contributed by atoms with Crippen molar-refractivity contribution in [2.24, 2.45) is 0 Å². The molecule has 0 radical (unpaired) electrons. The van der Waals surface area contributed by atoms with Crippen LogP contribution in [0.15, 0.2) is 60.7 Å². The van der Waals surface area contributed by atoms with E-state index < -0.39 is 0 Å². The first-order valence-corrected chi connectivity index (χ1v) is 14.3. The van der Waals surface area contributed by atoms with E-state index in [0.717, 1.165) is 36.8 Å². The van der Waals surface area contributed by atoms with E-state index in [2.05, 4.69) is 10.6 Å². The number of methoxy groups -OCH3 is 6. The van der Waals surface area contributed by atoms with Gasteiger partial charge in [0.2, 0.25) is 23.3 Å². The zero-order chi connectivity index (χ0) is 31.9. The third kappa shape index (κ3) is 9.32. The molecule has 0 heterocycles. The van der Waals surface area contributed by atoms with Gasteiger partial charge in [-0.15, -0.1) is 0 Å². The number of hydrogen-bond donors (Lipinski definition) is 2. The van der Waals surface area contributed by atoms with Crippen molar-refractivity contribution in [3.8, 4) is 34.5 Å². The van der Waals surface area contributed by atoms with Crippen LogP contribution in [0.2, 0.25) is 0 Å². The van der Waals surface area contributed by atoms with Gasteiger partial charge < -0.3 is 39.1 Å². The van der Waals surface area contributed by atoms with E-state index in [1.54, 1.807) is 67.0 Å². The molecule has 2 N–H and O–H groups in total. The molecule has 0 unspecified atom stereocenters. The van der Waals surface area contributed by atoms with Crippen LogP contribution in [0.1, 0.15) is 36.8 Å². The van der Waals surface area contributed by atoms with Crippen LogP contribution in [-0.2, 0) is 9.59 Å². The summed E-state index contributed by atoms with van der Waals surface area (Å²) in [5, 5.41) is 6.08. The Balaban J connectivity index is 1.56. The lowest BCUT2D eigenvalue weighted by atomic mass is 9.90. The lowest BCUT2D eigenvalue weighted by Crippen LogP contribution is -2.52. The normalized spacial score (nSPS) is 16.8. The Labute approximate surface area is 259 Å². The van der Waals surface area contributed by atoms with Gasteiger partial charge in [0.15, 0.2) is 23.0 Å². The second-order valence-corrected chi connectivity index (χ2v) is 9.87. The summed E-state index contributed by atoms with van der Waals surface area (Å²) in [6.07, 6.45) is 17.0. The summed E-state index contributed by atoms with van der Waals surface area (Å²) >= 11 is 0. The number of hydrogen-bond acceptors (Lipinski definition) is 8. The van der Waals surface area contributed by atoms with Gasteiger partial charge >= 0.3 is 0 Å². The Morgan fingerprint density at radius 1 is 0.568 bits per heavy atom. The predicted molar refractivity (Wildman–Crippen MR) is 171 cm³/mol. The first-order valence-electron chi connectivity index (χ1n) is 14.3. The summed E-state index contributed by atoms with van der Waals surface area (Å²) in [6, 6.07) is 6.95. The predicted octanol–water partition coefficient (Wildman–Crippen LogP) is 5.12. The summed E-state index contributed by atoms with van der Waals surface area (Å²) in [6.45, 7) is 0. The molecule has 0 aliphatic heterocycles. The molecule has 10 heteroatoms. The van der Waals surface area contributed by atoms with Gasteiger partial charge in [-0.25, -0.2) is 0 Å². The molecule has 2 amide bonds. The van der Waals surface area contributed by atoms with Crippen LogP contribution in [0.4, 0.5) is 0 Å². The van der Waals surface area contributed by atoms with Crippen molar-refractivity contribution in [3.05, 3.63) is 71.8 Å². The van der Waals surface area contributed by atoms with Crippen molar-refractivity contribution in [1.82, 2.24) is 10.6 Å². The number of rotatable bonds is 14. The van der Waals surface area contributed by atoms with E-state index in [1.165, 1.54) is 12.2 Å². The molecular formula is C34H42N2O8. The SMILES string of the molecule is COc1cc(C=CC=CC(=O)N[C@@H]2CCCC[C@H]2NC(=O)C=CC=Cc2cc(OC)c(OC)c(OC)c2)cc(OC)c1OC. The van der Waals surface area contributed by atoms with Gasteiger partial charge in [-0.05, 0) is 48.2 Å². The van der Waals surface area contributed by atoms with Crippen LogP contribution in [0.5, 0.6) is 34.5 Å². The smallest absolute Gasteiger partial charge is 0.244 e. The topological polar surface area (TPSA) is 114 Å². The number of ether oxygens (including phenoxy) is 6. The molecule has 0 aromatic heterocycles. The van der Waals surface area contributed by atoms with Crippen LogP contribution < -0.4 is 39.1 Å². The summed E-state index contributed by atoms with van der Waals surface area (Å²) in [7, 11) is 9.34. The minimum atomic E-state index is -0.227. The van der Waals surface area contributed by atoms with Crippen molar-refractivity contribution in [2.45, 2.75) is 37.8 Å². The molecular weight excluding hydrogens is 564 g/mol. The van der Waals surface area contributed by atoms with Gasteiger partial charge in [0.05, 0.1) is 42.7 Å². The molecule has 2 aromatic rings. The molecule has 2 atom stereocenters. The fourth-order valence-electron chi connectivity index (χ4n) is 4.95. The number of carbonyl (C=O) groups is 2. The van der Waals surface area contributed by atoms with Crippen LogP contribution in [-0.4, -0.2) is 66.6 Å². The molecule has 1 saturated carbocycles. The summed E-state index contributed by atoms with van der Waals surface area (Å²) in [4.78, 5) is 25.3. The molecule has 0 bridgehead atoms. The summed E-state index contributed by atoms with van der Waals surface area (Å²) < 4.78 is 32.2. The highest BCUT2D eigenvalue weighted by atomic mass is 16.5. The van der Waals surface area contributed by atoms with E-state index in [-0.39, 0.29) is 23.9 Å². The van der Waals surface area contributed by atoms with E-state index in [0.29, 0.717) is 34.5 Å². The van der Waals surface area contributed by atoms with Crippen LogP contribution >= 0.6 is 0 Å². The number of carbonyl (C=O) groups excluding carboxylic acids is 2. The third-order valence-corrected chi connectivity index (χ3v) is 7.09. The zero-order valence-electron chi connectivity index (χ0n) is 26.2. The Hall–Kier alpha value is -4.86. The summed E-state index contributed by atoms with van der Waals surface area (Å²) in [5.41, 5.74) is 1.65. The fraction of sp³-hybridized carbons (Fsp3) is 0.353. The molecule has 1 aliphatic carbocycles. The van der Waals surface area contributed by atoms with Crippen LogP contribution in [0, 0.1) is 0 Å². The second kappa shape index (κ2) is 17.3. The van der Waals surface area contributed by atoms with E-state index >= 15 is 0 Å². The molecule has 0 spiro atoms. The standard InChI is InChI=1S/C34H42N2O8/c1-39-27-19-23(20-28(40-2)33(27)43-5)13-7-11-17-31(37)35-25-15-9-10-16-26(25)36-32(38)18-12-8-14-24-21-29(41-3)34(44-6)30(22-24)42-4/h7-8,11-14,17-22,25-26H,9-10,15-16H2,1-6H3,(H,35,37)(H,36,38)/t25-,26-/m1/s1. The Bertz CT molecular complexity index is 1240. The van der Waals surface area contributed by atoms with E-state index in [9.17, 15) is 9.59 Å². The Morgan fingerprint density at radius 2 is 0.909 bits per heavy atom. The highest BCUT2D eigenvalue weighted by Gasteiger charge is 2.26. The molecule has 10 nitrogen and oxygen atoms in total. The largest absolute Gasteiger partial charge is 0.493 e. The number of nitrogens with one attached hydrogen (secondary N) is 2. The fourth-order valence-corrected chi connectivity index (χ4v) is 4.95. The molecule has 236 valence electrons. The quantitative estimate of drug-likeness (QED) is 0.225. The highest BCUT2D eigenvalue weighted by molar-refractivity contribution is 5.89. The molecule has 44 heavy (non-hydrogen) atoms. The molecule has 2 aromatic carbocycles. The van der Waals surface area contributed by atoms with Crippen molar-refractivity contribution in [2.75, 3.05) is 42.7 Å². The minimum Gasteiger partial charge on any atom is -0.493 e. The number of amides is 2. The maximum atomic E-state index is 12.7. The molecule has 0 saturated heterocycles. The monoisotopic (exact) mass is 606 g/mol. The summed E-state index contributed by atoms with van der Waals surface area (Å²) in [5.74, 6) is 2.75. The lowest BCUT2D eigenvalue weighted by Gasteiger charge is -2.32. The second-order valence-electron chi connectivity index (χ2n) is 9.87. The van der Waals surface area contributed by atoms with Gasteiger partial charge in [0.1, 0.15) is 0 Å². The van der Waals surface area contributed by atoms with Crippen molar-refractivity contribution in [3.63, 3.8) is 0 Å². The van der Waals surface area contributed by atoms with Gasteiger partial charge in [-0.3, -0.25) is 9.59 Å². The van der Waals surface area contributed by atoms with Crippen molar-refractivity contribution in [1.29, 1.82) is 0 Å². The molecule has 1 fully saturated rings. The van der Waals surface area contributed by atoms with Gasteiger partial charge in [-0.1, -0.05) is 49.3 Å². The first-order chi connectivity index (χ1) is 21.4. The van der Waals surface area contributed by atoms with E-state index in [4.69, 9.17) is 28.4 Å². The maximum Gasteiger partial charge on any atom is 0.244 e. The van der Waals surface area contributed by atoms with Gasteiger partial charge in [0.25, 0.3) is 0 Å². The van der Waals surface area contributed by atoms with Gasteiger partial charge in [-0.2, -0.15) is 0 Å².